The number of ether oxygens (including phenoxy) is 3. The molecule has 0 atom stereocenters. The van der Waals surface area contributed by atoms with Crippen LogP contribution in [0.5, 0.6) is 0 Å². The Morgan fingerprint density at radius 3 is 1.29 bits per heavy atom. The number of carbonyl (C=O) groups excluding carboxylic acids is 7. The van der Waals surface area contributed by atoms with Gasteiger partial charge < -0.3 is 14.2 Å². The quantitative estimate of drug-likeness (QED) is 0.0442. The van der Waals surface area contributed by atoms with Crippen LogP contribution in [0, 0.1) is 69.0 Å². The first kappa shape index (κ1) is 63.3. The molecule has 0 radical (unpaired) electrons. The van der Waals surface area contributed by atoms with Gasteiger partial charge in [-0.3, -0.25) is 33.6 Å². The number of rotatable bonds is 19. The maximum atomic E-state index is 11.0. The number of Topliss-reactive ketones (excluding diaryl/α,β-unsaturated/α-hetero) is 4. The van der Waals surface area contributed by atoms with Crippen LogP contribution in [0.3, 0.4) is 0 Å². The first-order chi connectivity index (χ1) is 27.2. The molecule has 0 aliphatic carbocycles. The molecule has 0 saturated heterocycles. The van der Waals surface area contributed by atoms with E-state index in [0.717, 1.165) is 37.7 Å². The number of nitriles is 5. The number of hydrogen-bond donors (Lipinski definition) is 0. The van der Waals surface area contributed by atoms with E-state index < -0.39 is 11.9 Å². The Balaban J connectivity index is -0.000000146. The topological polar surface area (TPSA) is 266 Å². The van der Waals surface area contributed by atoms with Crippen molar-refractivity contribution in [2.45, 2.75) is 132 Å². The van der Waals surface area contributed by atoms with E-state index in [0.29, 0.717) is 39.1 Å². The molecule has 0 spiro atoms. The zero-order chi connectivity index (χ0) is 44.5. The van der Waals surface area contributed by atoms with Crippen LogP contribution in [-0.2, 0) is 54.2 Å². The van der Waals surface area contributed by atoms with Crippen LogP contribution >= 0.6 is 0 Å². The highest BCUT2D eigenvalue weighted by Gasteiger charge is 2.04. The smallest absolute Gasteiger partial charge is 0.320 e. The number of esters is 3. The van der Waals surface area contributed by atoms with Gasteiger partial charge in [-0.05, 0) is 53.0 Å². The Kier molecular flexibility index (Phi) is 57.2. The van der Waals surface area contributed by atoms with Crippen molar-refractivity contribution in [1.82, 2.24) is 0 Å². The van der Waals surface area contributed by atoms with Crippen molar-refractivity contribution in [1.29, 1.82) is 26.3 Å². The Morgan fingerprint density at radius 1 is 0.552 bits per heavy atom. The highest BCUT2D eigenvalue weighted by Crippen LogP contribution is 2.09. The second kappa shape index (κ2) is 52.4. The summed E-state index contributed by atoms with van der Waals surface area (Å²) in [6.45, 7) is 9.11. The maximum Gasteiger partial charge on any atom is 0.320 e. The fourth-order valence-corrected chi connectivity index (χ4v) is 3.35. The summed E-state index contributed by atoms with van der Waals surface area (Å²) in [5, 5.41) is 39.9. The summed E-state index contributed by atoms with van der Waals surface area (Å²) in [7, 11) is 0. The van der Waals surface area contributed by atoms with Crippen LogP contribution in [-0.4, -0.2) is 60.9 Å². The summed E-state index contributed by atoms with van der Waals surface area (Å²) in [5.74, 6) is 0.895. The van der Waals surface area contributed by atoms with Crippen molar-refractivity contribution in [3.05, 3.63) is 35.9 Å². The van der Waals surface area contributed by atoms with Crippen molar-refractivity contribution in [2.24, 2.45) is 0 Å². The van der Waals surface area contributed by atoms with Gasteiger partial charge in [0.25, 0.3) is 0 Å². The van der Waals surface area contributed by atoms with E-state index in [9.17, 15) is 33.6 Å². The SMILES string of the molecule is C.C#CCC#N.CC(=O)CC#N.CCOC(=O)CC#N.CCOC(=O)CC(C)=O.CCOC(=O)Cc1ccccc1.N#CCC(=O)CCCCCCCC(=O)CC#N. The van der Waals surface area contributed by atoms with E-state index in [2.05, 4.69) is 21.8 Å². The minimum absolute atomic E-state index is 0. The zero-order valence-electron chi connectivity index (χ0n) is 33.8. The molecule has 0 saturated carbocycles. The predicted molar refractivity (Wildman–Crippen MR) is 215 cm³/mol. The molecule has 58 heavy (non-hydrogen) atoms. The third-order valence-electron chi connectivity index (χ3n) is 5.70. The van der Waals surface area contributed by atoms with Crippen LogP contribution < -0.4 is 0 Å². The van der Waals surface area contributed by atoms with Gasteiger partial charge in [0.2, 0.25) is 0 Å². The summed E-state index contributed by atoms with van der Waals surface area (Å²) in [6.07, 6.45) is 10.6. The van der Waals surface area contributed by atoms with E-state index in [-0.39, 0.29) is 75.1 Å². The van der Waals surface area contributed by atoms with Crippen LogP contribution in [0.1, 0.15) is 131 Å². The fraction of sp³-hybridized carbons (Fsp3) is 0.535. The molecule has 1 aromatic carbocycles. The molecule has 316 valence electrons. The van der Waals surface area contributed by atoms with E-state index >= 15 is 0 Å². The van der Waals surface area contributed by atoms with Gasteiger partial charge in [-0.2, -0.15) is 26.3 Å². The first-order valence-corrected chi connectivity index (χ1v) is 18.0. The lowest BCUT2D eigenvalue weighted by atomic mass is 10.1. The number of benzene rings is 1. The number of carbonyl (C=O) groups is 7. The largest absolute Gasteiger partial charge is 0.466 e. The highest BCUT2D eigenvalue weighted by atomic mass is 16.5. The molecule has 0 aromatic heterocycles. The summed E-state index contributed by atoms with van der Waals surface area (Å²) in [4.78, 5) is 73.6. The lowest BCUT2D eigenvalue weighted by molar-refractivity contribution is -0.145. The van der Waals surface area contributed by atoms with Gasteiger partial charge in [-0.1, -0.05) is 62.9 Å². The first-order valence-electron chi connectivity index (χ1n) is 18.0. The van der Waals surface area contributed by atoms with Crippen molar-refractivity contribution in [3.63, 3.8) is 0 Å². The maximum absolute atomic E-state index is 11.0. The summed E-state index contributed by atoms with van der Waals surface area (Å²) in [6, 6.07) is 18.4. The number of ketones is 4. The molecule has 0 fully saturated rings. The summed E-state index contributed by atoms with van der Waals surface area (Å²) < 4.78 is 13.7. The van der Waals surface area contributed by atoms with E-state index in [4.69, 9.17) is 31.0 Å². The Labute approximate surface area is 344 Å². The molecule has 0 aliphatic heterocycles. The molecule has 0 aliphatic rings. The van der Waals surface area contributed by atoms with Gasteiger partial charge in [0.1, 0.15) is 36.0 Å². The highest BCUT2D eigenvalue weighted by molar-refractivity contribution is 5.94. The Bertz CT molecular complexity index is 1510. The molecule has 0 bridgehead atoms. The van der Waals surface area contributed by atoms with E-state index in [1.165, 1.54) is 13.8 Å². The average Bonchev–Trinajstić information content (AvgIpc) is 3.14. The molecule has 0 amide bonds. The van der Waals surface area contributed by atoms with Crippen LogP contribution in [0.25, 0.3) is 0 Å². The second-order valence-corrected chi connectivity index (χ2v) is 10.9. The van der Waals surface area contributed by atoms with E-state index in [1.54, 1.807) is 32.1 Å². The molecular weight excluding hydrogens is 746 g/mol. The van der Waals surface area contributed by atoms with Gasteiger partial charge in [0, 0.05) is 12.8 Å². The minimum atomic E-state index is -0.449. The lowest BCUT2D eigenvalue weighted by Crippen LogP contribution is -2.07. The van der Waals surface area contributed by atoms with Crippen molar-refractivity contribution in [3.8, 4) is 42.7 Å². The number of unbranched alkanes of at least 4 members (excludes halogenated alkanes) is 4. The minimum Gasteiger partial charge on any atom is -0.466 e. The molecular formula is C43H59N5O10. The second-order valence-electron chi connectivity index (χ2n) is 10.9. The monoisotopic (exact) mass is 805 g/mol. The van der Waals surface area contributed by atoms with Gasteiger partial charge >= 0.3 is 17.9 Å². The van der Waals surface area contributed by atoms with Gasteiger partial charge in [0.15, 0.2) is 0 Å². The van der Waals surface area contributed by atoms with Gasteiger partial charge in [0.05, 0.1) is 82.3 Å². The molecule has 1 rings (SSSR count). The third kappa shape index (κ3) is 64.3. The number of nitrogens with zero attached hydrogens (tertiary/aromatic N) is 5. The van der Waals surface area contributed by atoms with Gasteiger partial charge in [-0.15, -0.1) is 6.42 Å². The fourth-order valence-electron chi connectivity index (χ4n) is 3.35. The van der Waals surface area contributed by atoms with Crippen LogP contribution in [0.2, 0.25) is 0 Å². The predicted octanol–water partition coefficient (Wildman–Crippen LogP) is 7.13. The van der Waals surface area contributed by atoms with Crippen LogP contribution in [0.15, 0.2) is 30.3 Å². The summed E-state index contributed by atoms with van der Waals surface area (Å²) >= 11 is 0. The van der Waals surface area contributed by atoms with Crippen LogP contribution in [0.4, 0.5) is 0 Å². The molecule has 15 nitrogen and oxygen atoms in total. The number of hydrogen-bond acceptors (Lipinski definition) is 15. The van der Waals surface area contributed by atoms with Crippen molar-refractivity contribution >= 4 is 41.0 Å². The molecule has 15 heteroatoms. The molecule has 0 N–H and O–H groups in total. The standard InChI is InChI=1S/C13H18N2O2.C10H12O2.C6H10O3.C5H7NO2.C4H5NO.C4H3N.CH4/c14-10-8-12(16)6-4-2-1-3-5-7-13(17)9-11-15;1-2-12-10(11)8-9-6-4-3-5-7-9;1-3-9-6(8)4-5(2)7;1-2-8-5(7)3-4-6;1-4(6)2-3-5;1-2-3-4-5;/h1-9H2;3-7H,2,8H2,1H3;3-4H2,1-2H3;2-3H2,1H3;2H2,1H3;1H,3H2;1H4. The van der Waals surface area contributed by atoms with Gasteiger partial charge in [-0.25, -0.2) is 0 Å². The molecule has 0 unspecified atom stereocenters. The Hall–Kier alpha value is -6.68. The normalized spacial score (nSPS) is 8.12. The van der Waals surface area contributed by atoms with Crippen molar-refractivity contribution in [2.75, 3.05) is 19.8 Å². The zero-order valence-corrected chi connectivity index (χ0v) is 33.8. The third-order valence-corrected chi connectivity index (χ3v) is 5.70. The van der Waals surface area contributed by atoms with Crippen molar-refractivity contribution < 1.29 is 47.8 Å². The lowest BCUT2D eigenvalue weighted by Gasteiger charge is -2.00. The summed E-state index contributed by atoms with van der Waals surface area (Å²) in [5.41, 5.74) is 0.996. The molecule has 0 heterocycles. The molecule has 1 aromatic rings. The number of terminal acetylenes is 1. The Morgan fingerprint density at radius 2 is 0.966 bits per heavy atom. The average molecular weight is 806 g/mol. The van der Waals surface area contributed by atoms with E-state index in [1.807, 2.05) is 49.4 Å².